The average molecular weight is 221 g/mol. The van der Waals surface area contributed by atoms with Gasteiger partial charge in [0.2, 0.25) is 0 Å². The van der Waals surface area contributed by atoms with Gasteiger partial charge in [-0.2, -0.15) is 0 Å². The van der Waals surface area contributed by atoms with E-state index in [1.165, 1.54) is 0 Å². The van der Waals surface area contributed by atoms with E-state index >= 15 is 0 Å². The Morgan fingerprint density at radius 3 is 2.81 bits per heavy atom. The second-order valence-corrected chi connectivity index (χ2v) is 4.11. The number of para-hydroxylation sites is 1. The lowest BCUT2D eigenvalue weighted by molar-refractivity contribution is -0.138. The summed E-state index contributed by atoms with van der Waals surface area (Å²) in [5.41, 5.74) is 6.95. The molecule has 1 saturated carbocycles. The van der Waals surface area contributed by atoms with Crippen molar-refractivity contribution in [2.75, 3.05) is 7.11 Å². The summed E-state index contributed by atoms with van der Waals surface area (Å²) in [6, 6.07) is 7.23. The zero-order valence-electron chi connectivity index (χ0n) is 9.09. The minimum Gasteiger partial charge on any atom is -0.496 e. The molecule has 16 heavy (non-hydrogen) atoms. The molecule has 0 heterocycles. The molecule has 4 nitrogen and oxygen atoms in total. The van der Waals surface area contributed by atoms with Crippen LogP contribution in [-0.2, 0) is 4.79 Å². The van der Waals surface area contributed by atoms with E-state index in [2.05, 4.69) is 0 Å². The minimum absolute atomic E-state index is 0.0359. The Balaban J connectivity index is 2.16. The smallest absolute Gasteiger partial charge is 0.306 e. The number of rotatable bonds is 4. The van der Waals surface area contributed by atoms with Crippen LogP contribution in [0.4, 0.5) is 0 Å². The highest BCUT2D eigenvalue weighted by Gasteiger charge is 2.47. The molecule has 0 radical (unpaired) electrons. The zero-order chi connectivity index (χ0) is 11.7. The van der Waals surface area contributed by atoms with E-state index in [0.29, 0.717) is 6.42 Å². The van der Waals surface area contributed by atoms with Crippen molar-refractivity contribution >= 4 is 5.97 Å². The third-order valence-electron chi connectivity index (χ3n) is 3.12. The van der Waals surface area contributed by atoms with Crippen LogP contribution in [0.25, 0.3) is 0 Å². The molecule has 0 spiro atoms. The van der Waals surface area contributed by atoms with Crippen molar-refractivity contribution in [3.05, 3.63) is 29.8 Å². The molecule has 0 aliphatic heterocycles. The summed E-state index contributed by atoms with van der Waals surface area (Å²) >= 11 is 0. The van der Waals surface area contributed by atoms with Gasteiger partial charge < -0.3 is 15.6 Å². The van der Waals surface area contributed by atoms with E-state index in [1.54, 1.807) is 7.11 Å². The monoisotopic (exact) mass is 221 g/mol. The molecular weight excluding hydrogens is 206 g/mol. The van der Waals surface area contributed by atoms with Gasteiger partial charge in [0, 0.05) is 11.6 Å². The maximum atomic E-state index is 10.8. The Labute approximate surface area is 94.0 Å². The number of nitrogens with two attached hydrogens (primary N) is 1. The number of methoxy groups -OCH3 is 1. The van der Waals surface area contributed by atoms with E-state index < -0.39 is 5.97 Å². The Hall–Kier alpha value is -1.55. The SMILES string of the molecule is COc1ccccc1C(N)C1CC1C(=O)O. The normalized spacial score (nSPS) is 24.9. The molecule has 1 fully saturated rings. The fourth-order valence-corrected chi connectivity index (χ4v) is 2.07. The summed E-state index contributed by atoms with van der Waals surface area (Å²) in [5, 5.41) is 8.86. The van der Waals surface area contributed by atoms with Crippen molar-refractivity contribution < 1.29 is 14.6 Å². The number of carboxylic acids is 1. The lowest BCUT2D eigenvalue weighted by Crippen LogP contribution is -2.16. The quantitative estimate of drug-likeness (QED) is 0.806. The first kappa shape index (κ1) is 11.0. The van der Waals surface area contributed by atoms with Crippen LogP contribution in [0.2, 0.25) is 0 Å². The van der Waals surface area contributed by atoms with Crippen molar-refractivity contribution in [3.63, 3.8) is 0 Å². The van der Waals surface area contributed by atoms with Crippen LogP contribution in [0, 0.1) is 11.8 Å². The number of carboxylic acid groups (broad SMARTS) is 1. The van der Waals surface area contributed by atoms with Gasteiger partial charge in [-0.1, -0.05) is 18.2 Å². The minimum atomic E-state index is -0.754. The lowest BCUT2D eigenvalue weighted by Gasteiger charge is -2.14. The standard InChI is InChI=1S/C12H15NO3/c1-16-10-5-3-2-4-7(10)11(13)8-6-9(8)12(14)15/h2-5,8-9,11H,6,13H2,1H3,(H,14,15). The molecule has 4 heteroatoms. The molecule has 2 rings (SSSR count). The van der Waals surface area contributed by atoms with Crippen LogP contribution in [0.3, 0.4) is 0 Å². The van der Waals surface area contributed by atoms with E-state index in [-0.39, 0.29) is 17.9 Å². The molecule has 1 aliphatic carbocycles. The average Bonchev–Trinajstić information content (AvgIpc) is 3.08. The van der Waals surface area contributed by atoms with Crippen molar-refractivity contribution in [2.24, 2.45) is 17.6 Å². The topological polar surface area (TPSA) is 72.5 Å². The van der Waals surface area contributed by atoms with E-state index in [1.807, 2.05) is 24.3 Å². The second kappa shape index (κ2) is 4.14. The van der Waals surface area contributed by atoms with Crippen molar-refractivity contribution in [1.29, 1.82) is 0 Å². The van der Waals surface area contributed by atoms with Gasteiger partial charge in [-0.25, -0.2) is 0 Å². The first-order chi connectivity index (χ1) is 7.65. The largest absolute Gasteiger partial charge is 0.496 e. The number of benzene rings is 1. The third-order valence-corrected chi connectivity index (χ3v) is 3.12. The van der Waals surface area contributed by atoms with E-state index in [9.17, 15) is 4.79 Å². The molecule has 1 aromatic rings. The molecule has 0 amide bonds. The summed E-state index contributed by atoms with van der Waals surface area (Å²) < 4.78 is 5.21. The van der Waals surface area contributed by atoms with E-state index in [0.717, 1.165) is 11.3 Å². The van der Waals surface area contributed by atoms with Gasteiger partial charge in [-0.3, -0.25) is 4.79 Å². The van der Waals surface area contributed by atoms with Gasteiger partial charge in [0.1, 0.15) is 5.75 Å². The summed E-state index contributed by atoms with van der Waals surface area (Å²) in [6.07, 6.45) is 0.661. The van der Waals surface area contributed by atoms with Crippen LogP contribution < -0.4 is 10.5 Å². The number of carbonyl (C=O) groups is 1. The van der Waals surface area contributed by atoms with Crippen LogP contribution in [0.5, 0.6) is 5.75 Å². The highest BCUT2D eigenvalue weighted by atomic mass is 16.5. The lowest BCUT2D eigenvalue weighted by atomic mass is 10.0. The first-order valence-electron chi connectivity index (χ1n) is 5.26. The molecule has 0 bridgehead atoms. The molecular formula is C12H15NO3. The molecule has 0 saturated heterocycles. The Kier molecular flexibility index (Phi) is 2.83. The van der Waals surface area contributed by atoms with Gasteiger partial charge in [0.05, 0.1) is 13.0 Å². The summed E-state index contributed by atoms with van der Waals surface area (Å²) in [4.78, 5) is 10.8. The van der Waals surface area contributed by atoms with Gasteiger partial charge in [-0.05, 0) is 18.4 Å². The molecule has 3 atom stereocenters. The summed E-state index contributed by atoms with van der Waals surface area (Å²) in [6.45, 7) is 0. The van der Waals surface area contributed by atoms with Gasteiger partial charge >= 0.3 is 5.97 Å². The fourth-order valence-electron chi connectivity index (χ4n) is 2.07. The Morgan fingerprint density at radius 1 is 1.56 bits per heavy atom. The summed E-state index contributed by atoms with van der Waals surface area (Å²) in [7, 11) is 1.59. The van der Waals surface area contributed by atoms with Crippen molar-refractivity contribution in [3.8, 4) is 5.75 Å². The molecule has 1 aromatic carbocycles. The molecule has 3 unspecified atom stereocenters. The van der Waals surface area contributed by atoms with Crippen LogP contribution >= 0.6 is 0 Å². The maximum Gasteiger partial charge on any atom is 0.306 e. The molecule has 3 N–H and O–H groups in total. The molecule has 1 aliphatic rings. The highest BCUT2D eigenvalue weighted by Crippen LogP contribution is 2.47. The molecule has 86 valence electrons. The predicted molar refractivity (Wildman–Crippen MR) is 59.2 cm³/mol. The first-order valence-corrected chi connectivity index (χ1v) is 5.26. The Bertz CT molecular complexity index is 405. The zero-order valence-corrected chi connectivity index (χ0v) is 9.09. The Morgan fingerprint density at radius 2 is 2.25 bits per heavy atom. The van der Waals surface area contributed by atoms with Crippen molar-refractivity contribution in [2.45, 2.75) is 12.5 Å². The predicted octanol–water partition coefficient (Wildman–Crippen LogP) is 1.42. The van der Waals surface area contributed by atoms with Gasteiger partial charge in [0.25, 0.3) is 0 Å². The molecule has 0 aromatic heterocycles. The van der Waals surface area contributed by atoms with Crippen LogP contribution in [0.15, 0.2) is 24.3 Å². The highest BCUT2D eigenvalue weighted by molar-refractivity contribution is 5.73. The third kappa shape index (κ3) is 1.88. The maximum absolute atomic E-state index is 10.8. The van der Waals surface area contributed by atoms with Crippen molar-refractivity contribution in [1.82, 2.24) is 0 Å². The fraction of sp³-hybridized carbons (Fsp3) is 0.417. The summed E-state index contributed by atoms with van der Waals surface area (Å²) in [5.74, 6) is -0.282. The van der Waals surface area contributed by atoms with Crippen LogP contribution in [-0.4, -0.2) is 18.2 Å². The van der Waals surface area contributed by atoms with Gasteiger partial charge in [0.15, 0.2) is 0 Å². The number of hydrogen-bond acceptors (Lipinski definition) is 3. The second-order valence-electron chi connectivity index (χ2n) is 4.11. The number of hydrogen-bond donors (Lipinski definition) is 2. The van der Waals surface area contributed by atoms with Gasteiger partial charge in [-0.15, -0.1) is 0 Å². The van der Waals surface area contributed by atoms with Crippen LogP contribution in [0.1, 0.15) is 18.0 Å². The number of aliphatic carboxylic acids is 1. The number of ether oxygens (including phenoxy) is 1. The van der Waals surface area contributed by atoms with E-state index in [4.69, 9.17) is 15.6 Å².